The van der Waals surface area contributed by atoms with Crippen molar-refractivity contribution < 1.29 is 17.9 Å². The molecule has 0 N–H and O–H groups in total. The topological polar surface area (TPSA) is 52.6 Å². The number of benzene rings is 3. The molecule has 0 bridgehead atoms. The number of ether oxygens (including phenoxy) is 2. The van der Waals surface area contributed by atoms with Crippen LogP contribution in [0.3, 0.4) is 0 Å². The van der Waals surface area contributed by atoms with E-state index < -0.39 is 9.84 Å². The Bertz CT molecular complexity index is 1340. The third kappa shape index (κ3) is 5.39. The Labute approximate surface area is 213 Å². The Morgan fingerprint density at radius 3 is 2.57 bits per heavy atom. The second kappa shape index (κ2) is 9.90. The molecule has 0 aromatic heterocycles. The van der Waals surface area contributed by atoms with Crippen molar-refractivity contribution in [3.05, 3.63) is 76.3 Å². The highest BCUT2D eigenvalue weighted by molar-refractivity contribution is 7.99. The first-order valence-corrected chi connectivity index (χ1v) is 15.3. The normalized spacial score (nSPS) is 16.7. The smallest absolute Gasteiger partial charge is 0.147 e. The van der Waals surface area contributed by atoms with E-state index >= 15 is 0 Å². The highest BCUT2D eigenvalue weighted by atomic mass is 32.2. The molecular weight excluding hydrogens is 476 g/mol. The van der Waals surface area contributed by atoms with Gasteiger partial charge in [0.05, 0.1) is 12.4 Å². The maximum absolute atomic E-state index is 11.4. The average Bonchev–Trinajstić information content (AvgIpc) is 3.43. The second-order valence-corrected chi connectivity index (χ2v) is 13.0. The Balaban J connectivity index is 1.35. The summed E-state index contributed by atoms with van der Waals surface area (Å²) in [5.74, 6) is 3.07. The SMILES string of the molecule is Cc1cc(OCCCS(C)(=O)=O)cc(C)c1-c1cccc2c1CCC2Oc1ccc2c(c1)SCC2. The van der Waals surface area contributed by atoms with Crippen LogP contribution >= 0.6 is 11.8 Å². The lowest BCUT2D eigenvalue weighted by molar-refractivity contribution is 0.207. The van der Waals surface area contributed by atoms with E-state index in [0.29, 0.717) is 13.0 Å². The molecule has 1 aliphatic heterocycles. The van der Waals surface area contributed by atoms with E-state index in [1.807, 2.05) is 11.8 Å². The van der Waals surface area contributed by atoms with Gasteiger partial charge in [-0.25, -0.2) is 8.42 Å². The molecule has 6 heteroatoms. The summed E-state index contributed by atoms with van der Waals surface area (Å²) in [4.78, 5) is 1.36. The fraction of sp³-hybridized carbons (Fsp3) is 0.379. The summed E-state index contributed by atoms with van der Waals surface area (Å²) in [6.45, 7) is 4.64. The lowest BCUT2D eigenvalue weighted by Gasteiger charge is -2.18. The van der Waals surface area contributed by atoms with Gasteiger partial charge < -0.3 is 9.47 Å². The van der Waals surface area contributed by atoms with Crippen molar-refractivity contribution in [2.24, 2.45) is 0 Å². The third-order valence-electron chi connectivity index (χ3n) is 6.87. The standard InChI is InChI=1S/C29H32O4S2/c1-19-16-23(32-13-5-15-35(3,30)31)17-20(2)29(19)26-7-4-6-25-24(26)10-11-27(25)33-22-9-8-21-12-14-34-28(21)18-22/h4,6-9,16-18,27H,5,10-15H2,1-3H3. The number of sulfone groups is 1. The quantitative estimate of drug-likeness (QED) is 0.325. The first-order valence-electron chi connectivity index (χ1n) is 12.2. The van der Waals surface area contributed by atoms with Gasteiger partial charge in [0.2, 0.25) is 0 Å². The van der Waals surface area contributed by atoms with E-state index in [9.17, 15) is 8.42 Å². The molecule has 1 aliphatic carbocycles. The highest BCUT2D eigenvalue weighted by Gasteiger charge is 2.28. The van der Waals surface area contributed by atoms with Gasteiger partial charge in [-0.05, 0) is 103 Å². The molecule has 0 spiro atoms. The fourth-order valence-corrected chi connectivity index (χ4v) is 7.04. The molecule has 0 amide bonds. The maximum Gasteiger partial charge on any atom is 0.147 e. The summed E-state index contributed by atoms with van der Waals surface area (Å²) in [6, 6.07) is 17.2. The summed E-state index contributed by atoms with van der Waals surface area (Å²) in [7, 11) is -2.96. The van der Waals surface area contributed by atoms with Gasteiger partial charge >= 0.3 is 0 Å². The average molecular weight is 509 g/mol. The van der Waals surface area contributed by atoms with Gasteiger partial charge in [-0.15, -0.1) is 11.8 Å². The number of rotatable bonds is 8. The Morgan fingerprint density at radius 1 is 1.00 bits per heavy atom. The zero-order chi connectivity index (χ0) is 24.6. The van der Waals surface area contributed by atoms with Gasteiger partial charge in [0, 0.05) is 16.9 Å². The van der Waals surface area contributed by atoms with Crippen molar-refractivity contribution in [1.82, 2.24) is 0 Å². The van der Waals surface area contributed by atoms with Crippen LogP contribution in [0.25, 0.3) is 11.1 Å². The molecule has 184 valence electrons. The van der Waals surface area contributed by atoms with Crippen molar-refractivity contribution in [2.75, 3.05) is 24.4 Å². The number of fused-ring (bicyclic) bond motifs is 2. The minimum atomic E-state index is -2.96. The third-order valence-corrected chi connectivity index (χ3v) is 8.99. The van der Waals surface area contributed by atoms with Gasteiger partial charge in [0.15, 0.2) is 0 Å². The first kappa shape index (κ1) is 24.3. The number of aryl methyl sites for hydroxylation is 3. The Kier molecular flexibility index (Phi) is 6.86. The van der Waals surface area contributed by atoms with E-state index in [1.54, 1.807) is 0 Å². The molecule has 0 saturated carbocycles. The zero-order valence-electron chi connectivity index (χ0n) is 20.6. The number of hydrogen-bond acceptors (Lipinski definition) is 5. The predicted octanol–water partition coefficient (Wildman–Crippen LogP) is 6.50. The Hall–Kier alpha value is -2.44. The summed E-state index contributed by atoms with van der Waals surface area (Å²) in [6.07, 6.45) is 4.96. The Morgan fingerprint density at radius 2 is 1.80 bits per heavy atom. The molecule has 1 heterocycles. The van der Waals surface area contributed by atoms with E-state index in [-0.39, 0.29) is 11.9 Å². The van der Waals surface area contributed by atoms with Crippen molar-refractivity contribution in [3.63, 3.8) is 0 Å². The lowest BCUT2D eigenvalue weighted by atomic mass is 9.90. The summed E-state index contributed by atoms with van der Waals surface area (Å²) in [5.41, 5.74) is 8.95. The minimum absolute atomic E-state index is 0.0764. The molecule has 0 fully saturated rings. The van der Waals surface area contributed by atoms with Crippen LogP contribution in [0.4, 0.5) is 0 Å². The lowest BCUT2D eigenvalue weighted by Crippen LogP contribution is -2.08. The van der Waals surface area contributed by atoms with Crippen LogP contribution in [0.2, 0.25) is 0 Å². The van der Waals surface area contributed by atoms with E-state index in [4.69, 9.17) is 9.47 Å². The monoisotopic (exact) mass is 508 g/mol. The van der Waals surface area contributed by atoms with Crippen LogP contribution in [-0.4, -0.2) is 32.8 Å². The van der Waals surface area contributed by atoms with Gasteiger partial charge in [0.25, 0.3) is 0 Å². The molecule has 1 unspecified atom stereocenters. The van der Waals surface area contributed by atoms with E-state index in [0.717, 1.165) is 47.6 Å². The van der Waals surface area contributed by atoms with Crippen LogP contribution in [0, 0.1) is 13.8 Å². The molecule has 2 aliphatic rings. The molecule has 0 radical (unpaired) electrons. The summed E-state index contributed by atoms with van der Waals surface area (Å²) in [5, 5.41) is 0. The molecule has 3 aromatic carbocycles. The van der Waals surface area contributed by atoms with Crippen molar-refractivity contribution in [2.45, 2.75) is 50.5 Å². The number of hydrogen-bond donors (Lipinski definition) is 0. The second-order valence-electron chi connectivity index (χ2n) is 9.65. The van der Waals surface area contributed by atoms with Gasteiger partial charge in [-0.2, -0.15) is 0 Å². The van der Waals surface area contributed by atoms with Crippen LogP contribution in [-0.2, 0) is 22.7 Å². The molecule has 3 aromatic rings. The molecular formula is C29H32O4S2. The molecule has 35 heavy (non-hydrogen) atoms. The van der Waals surface area contributed by atoms with Gasteiger partial charge in [-0.3, -0.25) is 0 Å². The van der Waals surface area contributed by atoms with Gasteiger partial charge in [-0.1, -0.05) is 24.3 Å². The van der Waals surface area contributed by atoms with E-state index in [1.165, 1.54) is 39.0 Å². The van der Waals surface area contributed by atoms with Crippen molar-refractivity contribution in [1.29, 1.82) is 0 Å². The minimum Gasteiger partial charge on any atom is -0.494 e. The summed E-state index contributed by atoms with van der Waals surface area (Å²) >= 11 is 1.92. The highest BCUT2D eigenvalue weighted by Crippen LogP contribution is 2.43. The van der Waals surface area contributed by atoms with E-state index in [2.05, 4.69) is 62.4 Å². The predicted molar refractivity (Wildman–Crippen MR) is 144 cm³/mol. The maximum atomic E-state index is 11.4. The van der Waals surface area contributed by atoms with Crippen molar-refractivity contribution >= 4 is 21.6 Å². The molecule has 4 nitrogen and oxygen atoms in total. The fourth-order valence-electron chi connectivity index (χ4n) is 5.30. The number of thioether (sulfide) groups is 1. The molecule has 1 atom stereocenters. The summed E-state index contributed by atoms with van der Waals surface area (Å²) < 4.78 is 35.1. The molecule has 0 saturated heterocycles. The van der Waals surface area contributed by atoms with Crippen LogP contribution in [0.15, 0.2) is 53.4 Å². The first-order chi connectivity index (χ1) is 16.8. The zero-order valence-corrected chi connectivity index (χ0v) is 22.2. The van der Waals surface area contributed by atoms with Crippen LogP contribution in [0.5, 0.6) is 11.5 Å². The van der Waals surface area contributed by atoms with Crippen LogP contribution < -0.4 is 9.47 Å². The van der Waals surface area contributed by atoms with Crippen molar-refractivity contribution in [3.8, 4) is 22.6 Å². The largest absolute Gasteiger partial charge is 0.494 e. The van der Waals surface area contributed by atoms with Gasteiger partial charge in [0.1, 0.15) is 27.4 Å². The molecule has 5 rings (SSSR count). The van der Waals surface area contributed by atoms with Crippen LogP contribution in [0.1, 0.15) is 46.8 Å².